The summed E-state index contributed by atoms with van der Waals surface area (Å²) in [5.41, 5.74) is 2.05. The zero-order chi connectivity index (χ0) is 28.6. The van der Waals surface area contributed by atoms with Crippen molar-refractivity contribution in [2.24, 2.45) is 0 Å². The monoisotopic (exact) mass is 677 g/mol. The van der Waals surface area contributed by atoms with Crippen LogP contribution in [0, 0.1) is 0 Å². The second-order valence-electron chi connectivity index (χ2n) is 9.42. The quantitative estimate of drug-likeness (QED) is 0.273. The number of nitrogens with zero attached hydrogens (tertiary/aromatic N) is 2. The molecule has 0 aliphatic carbocycles. The predicted molar refractivity (Wildman–Crippen MR) is 163 cm³/mol. The van der Waals surface area contributed by atoms with E-state index in [4.69, 9.17) is 0 Å². The van der Waals surface area contributed by atoms with Crippen molar-refractivity contribution in [1.82, 2.24) is 10.2 Å². The first-order valence-electron chi connectivity index (χ1n) is 12.6. The number of rotatable bonds is 12. The molecule has 39 heavy (non-hydrogen) atoms. The first kappa shape index (κ1) is 30.8. The number of benzene rings is 3. The van der Waals surface area contributed by atoms with Gasteiger partial charge in [-0.25, -0.2) is 8.42 Å². The Hall–Kier alpha value is -2.69. The van der Waals surface area contributed by atoms with Crippen LogP contribution in [0.15, 0.2) is 87.8 Å². The van der Waals surface area contributed by atoms with Crippen LogP contribution in [0.2, 0.25) is 0 Å². The number of amides is 2. The van der Waals surface area contributed by atoms with Gasteiger partial charge in [-0.2, -0.15) is 0 Å². The summed E-state index contributed by atoms with van der Waals surface area (Å²) in [6.45, 7) is 3.56. The Labute approximate surface area is 247 Å². The zero-order valence-corrected chi connectivity index (χ0v) is 26.2. The first-order valence-corrected chi connectivity index (χ1v) is 16.0. The highest BCUT2D eigenvalue weighted by molar-refractivity contribution is 9.10. The summed E-state index contributed by atoms with van der Waals surface area (Å²) in [4.78, 5) is 29.2. The molecule has 0 saturated carbocycles. The van der Waals surface area contributed by atoms with Crippen LogP contribution in [-0.4, -0.2) is 50.0 Å². The first-order chi connectivity index (χ1) is 18.5. The van der Waals surface area contributed by atoms with Crippen LogP contribution in [0.5, 0.6) is 0 Å². The molecule has 0 aliphatic rings. The molecule has 0 spiro atoms. The summed E-state index contributed by atoms with van der Waals surface area (Å²) in [6.07, 6.45) is 2.07. The highest BCUT2D eigenvalue weighted by Gasteiger charge is 2.33. The Morgan fingerprint density at radius 2 is 1.51 bits per heavy atom. The minimum Gasteiger partial charge on any atom is -0.352 e. The molecule has 208 valence electrons. The van der Waals surface area contributed by atoms with Crippen molar-refractivity contribution >= 4 is 59.4 Å². The van der Waals surface area contributed by atoms with Crippen molar-refractivity contribution in [3.05, 3.63) is 98.9 Å². The normalized spacial score (nSPS) is 12.8. The molecule has 0 radical (unpaired) electrons. The maximum absolute atomic E-state index is 14.1. The minimum atomic E-state index is -3.81. The Morgan fingerprint density at radius 3 is 2.10 bits per heavy atom. The fraction of sp³-hybridized carbons (Fsp3) is 0.310. The van der Waals surface area contributed by atoms with Crippen molar-refractivity contribution < 1.29 is 18.0 Å². The van der Waals surface area contributed by atoms with Crippen LogP contribution in [0.4, 0.5) is 5.69 Å². The number of hydrogen-bond acceptors (Lipinski definition) is 4. The minimum absolute atomic E-state index is 0.0900. The number of anilines is 1. The number of halogens is 2. The summed E-state index contributed by atoms with van der Waals surface area (Å²) in [7, 11) is -3.81. The maximum atomic E-state index is 14.1. The molecule has 10 heteroatoms. The van der Waals surface area contributed by atoms with E-state index in [-0.39, 0.29) is 24.9 Å². The van der Waals surface area contributed by atoms with Crippen molar-refractivity contribution in [2.75, 3.05) is 17.1 Å². The number of hydrogen-bond donors (Lipinski definition) is 1. The van der Waals surface area contributed by atoms with E-state index in [9.17, 15) is 18.0 Å². The summed E-state index contributed by atoms with van der Waals surface area (Å²) >= 11 is 6.86. The molecule has 7 nitrogen and oxygen atoms in total. The molecule has 2 atom stereocenters. The second-order valence-corrected chi connectivity index (χ2v) is 13.2. The van der Waals surface area contributed by atoms with Crippen LogP contribution in [0.25, 0.3) is 0 Å². The summed E-state index contributed by atoms with van der Waals surface area (Å²) < 4.78 is 28.3. The van der Waals surface area contributed by atoms with E-state index in [1.54, 1.807) is 24.3 Å². The van der Waals surface area contributed by atoms with Crippen LogP contribution in [0.3, 0.4) is 0 Å². The Balaban J connectivity index is 2.06. The van der Waals surface area contributed by atoms with Crippen molar-refractivity contribution in [3.63, 3.8) is 0 Å². The molecule has 0 aromatic heterocycles. The van der Waals surface area contributed by atoms with Crippen LogP contribution in [0.1, 0.15) is 31.4 Å². The van der Waals surface area contributed by atoms with Gasteiger partial charge in [0.25, 0.3) is 0 Å². The van der Waals surface area contributed by atoms with Crippen LogP contribution < -0.4 is 9.62 Å². The van der Waals surface area contributed by atoms with E-state index < -0.39 is 28.5 Å². The van der Waals surface area contributed by atoms with Gasteiger partial charge in [0.2, 0.25) is 21.8 Å². The molecule has 0 aliphatic heterocycles. The average Bonchev–Trinajstić information content (AvgIpc) is 2.89. The third kappa shape index (κ3) is 9.19. The molecule has 2 amide bonds. The molecule has 0 saturated heterocycles. The third-order valence-electron chi connectivity index (χ3n) is 6.29. The zero-order valence-electron chi connectivity index (χ0n) is 22.2. The van der Waals surface area contributed by atoms with Gasteiger partial charge < -0.3 is 10.2 Å². The van der Waals surface area contributed by atoms with Gasteiger partial charge in [-0.3, -0.25) is 13.9 Å². The second kappa shape index (κ2) is 14.1. The molecule has 3 aromatic rings. The lowest BCUT2D eigenvalue weighted by molar-refractivity contribution is -0.140. The van der Waals surface area contributed by atoms with E-state index >= 15 is 0 Å². The average molecular weight is 679 g/mol. The maximum Gasteiger partial charge on any atom is 0.244 e. The molecule has 0 heterocycles. The molecule has 0 fully saturated rings. The van der Waals surface area contributed by atoms with Crippen molar-refractivity contribution in [2.45, 2.75) is 45.3 Å². The molecule has 0 unspecified atom stereocenters. The Kier molecular flexibility index (Phi) is 11.1. The number of nitrogens with one attached hydrogen (secondary N) is 1. The largest absolute Gasteiger partial charge is 0.352 e. The van der Waals surface area contributed by atoms with E-state index in [2.05, 4.69) is 37.2 Å². The van der Waals surface area contributed by atoms with E-state index in [0.717, 1.165) is 32.6 Å². The van der Waals surface area contributed by atoms with Gasteiger partial charge in [0, 0.05) is 28.0 Å². The van der Waals surface area contributed by atoms with Gasteiger partial charge in [-0.1, -0.05) is 87.3 Å². The van der Waals surface area contributed by atoms with Crippen LogP contribution in [-0.2, 0) is 32.6 Å². The topological polar surface area (TPSA) is 86.8 Å². The number of sulfonamides is 1. The highest BCUT2D eigenvalue weighted by atomic mass is 79.9. The lowest BCUT2D eigenvalue weighted by Crippen LogP contribution is -2.54. The highest BCUT2D eigenvalue weighted by Crippen LogP contribution is 2.24. The molecule has 3 aromatic carbocycles. The van der Waals surface area contributed by atoms with Gasteiger partial charge in [-0.05, 0) is 54.8 Å². The lowest BCUT2D eigenvalue weighted by Gasteiger charge is -2.34. The van der Waals surface area contributed by atoms with Crippen LogP contribution >= 0.6 is 31.9 Å². The smallest absolute Gasteiger partial charge is 0.244 e. The molecular formula is C29H33Br2N3O4S. The Morgan fingerprint density at radius 1 is 0.897 bits per heavy atom. The number of carbonyl (C=O) groups is 2. The van der Waals surface area contributed by atoms with E-state index in [1.807, 2.05) is 68.4 Å². The molecule has 0 bridgehead atoms. The lowest BCUT2D eigenvalue weighted by atomic mass is 10.0. The molecular weight excluding hydrogens is 646 g/mol. The predicted octanol–water partition coefficient (Wildman–Crippen LogP) is 5.53. The van der Waals surface area contributed by atoms with Crippen molar-refractivity contribution in [1.29, 1.82) is 0 Å². The molecule has 3 rings (SSSR count). The standard InChI is InChI=1S/C29H33Br2N3O4S/c1-4-21(2)32-29(36)27(17-22-10-6-5-7-11-22)33(19-23-12-8-13-24(30)16-23)28(35)20-34(39(3,37)38)26-15-9-14-25(31)18-26/h5-16,18,21,27H,4,17,19-20H2,1-3H3,(H,32,36)/t21-,27-/m0/s1. The van der Waals surface area contributed by atoms with Crippen molar-refractivity contribution in [3.8, 4) is 0 Å². The SMILES string of the molecule is CC[C@H](C)NC(=O)[C@H](Cc1ccccc1)N(Cc1cccc(Br)c1)C(=O)CN(c1cccc(Br)c1)S(C)(=O)=O. The van der Waals surface area contributed by atoms with E-state index in [0.29, 0.717) is 10.2 Å². The fourth-order valence-corrected chi connectivity index (χ4v) is 5.75. The van der Waals surface area contributed by atoms with Gasteiger partial charge in [0.15, 0.2) is 0 Å². The van der Waals surface area contributed by atoms with Gasteiger partial charge >= 0.3 is 0 Å². The summed E-state index contributed by atoms with van der Waals surface area (Å²) in [6, 6.07) is 22.8. The molecule has 1 N–H and O–H groups in total. The summed E-state index contributed by atoms with van der Waals surface area (Å²) in [5, 5.41) is 3.02. The Bertz CT molecular complexity index is 1390. The fourth-order valence-electron chi connectivity index (χ4n) is 4.07. The van der Waals surface area contributed by atoms with E-state index in [1.165, 1.54) is 4.90 Å². The summed E-state index contributed by atoms with van der Waals surface area (Å²) in [5.74, 6) is -0.773. The van der Waals surface area contributed by atoms with Gasteiger partial charge in [0.1, 0.15) is 12.6 Å². The number of carbonyl (C=O) groups excluding carboxylic acids is 2. The van der Waals surface area contributed by atoms with Gasteiger partial charge in [0.05, 0.1) is 11.9 Å². The van der Waals surface area contributed by atoms with Gasteiger partial charge in [-0.15, -0.1) is 0 Å². The third-order valence-corrected chi connectivity index (χ3v) is 8.42.